The van der Waals surface area contributed by atoms with Crippen LogP contribution in [0.5, 0.6) is 5.88 Å². The SMILES string of the molecule is COc1ccc(CNC(=O)NC[C@H]([C@H]2CCOC2)N2CCOCC2)cn1. The Morgan fingerprint density at radius 2 is 2.15 bits per heavy atom. The summed E-state index contributed by atoms with van der Waals surface area (Å²) in [6.07, 6.45) is 2.74. The van der Waals surface area contributed by atoms with E-state index in [9.17, 15) is 4.79 Å². The first-order valence-corrected chi connectivity index (χ1v) is 9.16. The summed E-state index contributed by atoms with van der Waals surface area (Å²) in [5, 5.41) is 5.90. The molecule has 2 aliphatic rings. The van der Waals surface area contributed by atoms with Gasteiger partial charge in [0.05, 0.1) is 26.9 Å². The molecule has 0 unspecified atom stereocenters. The second-order valence-corrected chi connectivity index (χ2v) is 6.61. The van der Waals surface area contributed by atoms with Gasteiger partial charge in [0.15, 0.2) is 0 Å². The van der Waals surface area contributed by atoms with E-state index < -0.39 is 0 Å². The van der Waals surface area contributed by atoms with Crippen LogP contribution in [0.4, 0.5) is 4.79 Å². The maximum absolute atomic E-state index is 12.2. The summed E-state index contributed by atoms with van der Waals surface area (Å²) < 4.78 is 16.0. The number of aromatic nitrogens is 1. The number of hydrogen-bond acceptors (Lipinski definition) is 6. The van der Waals surface area contributed by atoms with E-state index >= 15 is 0 Å². The highest BCUT2D eigenvalue weighted by atomic mass is 16.5. The van der Waals surface area contributed by atoms with Gasteiger partial charge in [-0.15, -0.1) is 0 Å². The van der Waals surface area contributed by atoms with Crippen molar-refractivity contribution in [1.29, 1.82) is 0 Å². The number of urea groups is 1. The highest BCUT2D eigenvalue weighted by molar-refractivity contribution is 5.73. The predicted molar refractivity (Wildman–Crippen MR) is 96.1 cm³/mol. The molecule has 0 saturated carbocycles. The maximum Gasteiger partial charge on any atom is 0.315 e. The molecule has 0 radical (unpaired) electrons. The minimum atomic E-state index is -0.169. The molecule has 2 aliphatic heterocycles. The van der Waals surface area contributed by atoms with Gasteiger partial charge in [0, 0.05) is 57.0 Å². The van der Waals surface area contributed by atoms with Gasteiger partial charge in [-0.05, 0) is 12.0 Å². The van der Waals surface area contributed by atoms with Gasteiger partial charge in [-0.1, -0.05) is 6.07 Å². The lowest BCUT2D eigenvalue weighted by molar-refractivity contribution is 0.00212. The molecule has 3 rings (SSSR count). The fourth-order valence-corrected chi connectivity index (χ4v) is 3.44. The Labute approximate surface area is 154 Å². The standard InChI is InChI=1S/C18H28N4O4/c1-24-17-3-2-14(10-19-17)11-20-18(23)21-12-16(15-4-7-26-13-15)22-5-8-25-9-6-22/h2-3,10,15-16H,4-9,11-13H2,1H3,(H2,20,21,23)/t15-,16+/m0/s1. The predicted octanol–water partition coefficient (Wildman–Crippen LogP) is 0.627. The molecular weight excluding hydrogens is 336 g/mol. The minimum absolute atomic E-state index is 0.169. The fourth-order valence-electron chi connectivity index (χ4n) is 3.44. The number of pyridine rings is 1. The first kappa shape index (κ1) is 18.9. The Bertz CT molecular complexity index is 557. The number of nitrogens with zero attached hydrogens (tertiary/aromatic N) is 2. The third kappa shape index (κ3) is 5.30. The van der Waals surface area contributed by atoms with Crippen LogP contribution >= 0.6 is 0 Å². The van der Waals surface area contributed by atoms with Crippen molar-refractivity contribution in [1.82, 2.24) is 20.5 Å². The van der Waals surface area contributed by atoms with Crippen LogP contribution in [-0.2, 0) is 16.0 Å². The van der Waals surface area contributed by atoms with Gasteiger partial charge in [-0.25, -0.2) is 9.78 Å². The summed E-state index contributed by atoms with van der Waals surface area (Å²) in [6, 6.07) is 3.79. The number of rotatable bonds is 7. The molecule has 26 heavy (non-hydrogen) atoms. The van der Waals surface area contributed by atoms with Crippen molar-refractivity contribution < 1.29 is 19.0 Å². The van der Waals surface area contributed by atoms with Crippen LogP contribution in [-0.4, -0.2) is 75.1 Å². The molecule has 0 spiro atoms. The Kier molecular flexibility index (Phi) is 7.04. The van der Waals surface area contributed by atoms with Crippen molar-refractivity contribution in [2.24, 2.45) is 5.92 Å². The molecule has 2 fully saturated rings. The first-order chi connectivity index (χ1) is 12.8. The average Bonchev–Trinajstić information content (AvgIpc) is 3.22. The molecule has 3 heterocycles. The quantitative estimate of drug-likeness (QED) is 0.738. The minimum Gasteiger partial charge on any atom is -0.481 e. The molecule has 0 bridgehead atoms. The fraction of sp³-hybridized carbons (Fsp3) is 0.667. The Balaban J connectivity index is 1.46. The lowest BCUT2D eigenvalue weighted by Crippen LogP contribution is -2.53. The van der Waals surface area contributed by atoms with Crippen molar-refractivity contribution in [2.45, 2.75) is 19.0 Å². The van der Waals surface area contributed by atoms with Gasteiger partial charge < -0.3 is 24.8 Å². The molecule has 144 valence electrons. The van der Waals surface area contributed by atoms with E-state index in [2.05, 4.69) is 20.5 Å². The summed E-state index contributed by atoms with van der Waals surface area (Å²) in [5.41, 5.74) is 0.926. The van der Waals surface area contributed by atoms with E-state index in [1.54, 1.807) is 19.4 Å². The summed E-state index contributed by atoms with van der Waals surface area (Å²) in [4.78, 5) is 18.7. The summed E-state index contributed by atoms with van der Waals surface area (Å²) in [6.45, 7) is 5.93. The van der Waals surface area contributed by atoms with Crippen molar-refractivity contribution in [3.8, 4) is 5.88 Å². The molecule has 0 aliphatic carbocycles. The number of carbonyl (C=O) groups excluding carboxylic acids is 1. The zero-order valence-electron chi connectivity index (χ0n) is 15.3. The van der Waals surface area contributed by atoms with E-state index in [0.717, 1.165) is 51.5 Å². The van der Waals surface area contributed by atoms with Crippen LogP contribution in [0.25, 0.3) is 0 Å². The topological polar surface area (TPSA) is 85.0 Å². The molecule has 2 atom stereocenters. The molecule has 8 heteroatoms. The van der Waals surface area contributed by atoms with Gasteiger partial charge in [0.25, 0.3) is 0 Å². The first-order valence-electron chi connectivity index (χ1n) is 9.16. The normalized spacial score (nSPS) is 22.0. The Morgan fingerprint density at radius 3 is 2.81 bits per heavy atom. The Morgan fingerprint density at radius 1 is 1.31 bits per heavy atom. The molecule has 2 saturated heterocycles. The third-order valence-corrected chi connectivity index (χ3v) is 4.96. The number of morpholine rings is 1. The molecule has 2 amide bonds. The van der Waals surface area contributed by atoms with E-state index in [1.807, 2.05) is 6.07 Å². The maximum atomic E-state index is 12.2. The van der Waals surface area contributed by atoms with Crippen LogP contribution in [0.3, 0.4) is 0 Å². The smallest absolute Gasteiger partial charge is 0.315 e. The van der Waals surface area contributed by atoms with Gasteiger partial charge in [-0.3, -0.25) is 4.90 Å². The molecule has 8 nitrogen and oxygen atoms in total. The highest BCUT2D eigenvalue weighted by Gasteiger charge is 2.31. The van der Waals surface area contributed by atoms with Crippen molar-refractivity contribution in [2.75, 3.05) is 53.2 Å². The number of nitrogens with one attached hydrogen (secondary N) is 2. The second-order valence-electron chi connectivity index (χ2n) is 6.61. The average molecular weight is 364 g/mol. The number of ether oxygens (including phenoxy) is 3. The number of methoxy groups -OCH3 is 1. The lowest BCUT2D eigenvalue weighted by Gasteiger charge is -2.37. The molecule has 1 aromatic rings. The van der Waals surface area contributed by atoms with Crippen molar-refractivity contribution in [3.05, 3.63) is 23.9 Å². The zero-order chi connectivity index (χ0) is 18.2. The Hall–Kier alpha value is -1.90. The van der Waals surface area contributed by atoms with Gasteiger partial charge in [0.2, 0.25) is 5.88 Å². The number of carbonyl (C=O) groups is 1. The molecular formula is C18H28N4O4. The second kappa shape index (κ2) is 9.70. The van der Waals surface area contributed by atoms with E-state index in [1.165, 1.54) is 0 Å². The van der Waals surface area contributed by atoms with Crippen LogP contribution in [0, 0.1) is 5.92 Å². The van der Waals surface area contributed by atoms with Gasteiger partial charge in [-0.2, -0.15) is 0 Å². The molecule has 0 aromatic carbocycles. The van der Waals surface area contributed by atoms with Crippen molar-refractivity contribution in [3.63, 3.8) is 0 Å². The van der Waals surface area contributed by atoms with Gasteiger partial charge in [0.1, 0.15) is 0 Å². The van der Waals surface area contributed by atoms with Crippen LogP contribution in [0.2, 0.25) is 0 Å². The summed E-state index contributed by atoms with van der Waals surface area (Å²) in [7, 11) is 1.58. The van der Waals surface area contributed by atoms with E-state index in [0.29, 0.717) is 24.9 Å². The van der Waals surface area contributed by atoms with Crippen LogP contribution < -0.4 is 15.4 Å². The molecule has 2 N–H and O–H groups in total. The van der Waals surface area contributed by atoms with Crippen molar-refractivity contribution >= 4 is 6.03 Å². The van der Waals surface area contributed by atoms with E-state index in [-0.39, 0.29) is 12.1 Å². The third-order valence-electron chi connectivity index (χ3n) is 4.96. The van der Waals surface area contributed by atoms with E-state index in [4.69, 9.17) is 14.2 Å². The number of hydrogen-bond donors (Lipinski definition) is 2. The largest absolute Gasteiger partial charge is 0.481 e. The molecule has 1 aromatic heterocycles. The van der Waals surface area contributed by atoms with Gasteiger partial charge >= 0.3 is 6.03 Å². The summed E-state index contributed by atoms with van der Waals surface area (Å²) in [5.74, 6) is 1.02. The van der Waals surface area contributed by atoms with Crippen LogP contribution in [0.15, 0.2) is 18.3 Å². The summed E-state index contributed by atoms with van der Waals surface area (Å²) >= 11 is 0. The van der Waals surface area contributed by atoms with Crippen LogP contribution in [0.1, 0.15) is 12.0 Å². The zero-order valence-corrected chi connectivity index (χ0v) is 15.3. The lowest BCUT2D eigenvalue weighted by atomic mass is 9.97. The number of amides is 2. The monoisotopic (exact) mass is 364 g/mol. The highest BCUT2D eigenvalue weighted by Crippen LogP contribution is 2.21.